The van der Waals surface area contributed by atoms with Crippen LogP contribution in [0.1, 0.15) is 24.8 Å². The molecule has 0 spiro atoms. The zero-order valence-electron chi connectivity index (χ0n) is 19.8. The number of carbonyl (C=O) groups excluding carboxylic acids is 1. The summed E-state index contributed by atoms with van der Waals surface area (Å²) in [6.45, 7) is 8.60. The molecule has 0 radical (unpaired) electrons. The van der Waals surface area contributed by atoms with Crippen molar-refractivity contribution in [2.24, 2.45) is 5.92 Å². The van der Waals surface area contributed by atoms with E-state index in [0.29, 0.717) is 31.5 Å². The molecule has 0 unspecified atom stereocenters. The summed E-state index contributed by atoms with van der Waals surface area (Å²) in [6.07, 6.45) is 8.61. The van der Waals surface area contributed by atoms with Crippen LogP contribution in [0.15, 0.2) is 66.7 Å². The Morgan fingerprint density at radius 2 is 1.94 bits per heavy atom. The number of amides is 1. The van der Waals surface area contributed by atoms with Crippen LogP contribution in [0.3, 0.4) is 0 Å². The van der Waals surface area contributed by atoms with Gasteiger partial charge in [-0.2, -0.15) is 0 Å². The van der Waals surface area contributed by atoms with E-state index in [1.165, 1.54) is 17.7 Å². The molecule has 0 saturated carbocycles. The first kappa shape index (κ1) is 24.4. The Kier molecular flexibility index (Phi) is 8.66. The van der Waals surface area contributed by atoms with Gasteiger partial charge in [0, 0.05) is 19.2 Å². The Morgan fingerprint density at radius 3 is 2.65 bits per heavy atom. The smallest absolute Gasteiger partial charge is 0.410 e. The standard InChI is InChI=1S/C27H36N2O5/c1-2-6-24(30)16-25-19-33-26(20-32-25)17-28-12-9-21(10-13-28)11-14-29-23(18-34-27(29)31)15-22-7-4-3-5-8-22/h2-8,16,21,23,26,30H,1,9-15,17-20H2/b24-6+,25-16+/t23-,26-/m0/s1. The van der Waals surface area contributed by atoms with Gasteiger partial charge in [-0.3, -0.25) is 0 Å². The number of piperidine rings is 1. The van der Waals surface area contributed by atoms with Crippen molar-refractivity contribution in [3.05, 3.63) is 72.2 Å². The number of cyclic esters (lactones) is 1. The molecule has 3 aliphatic heterocycles. The van der Waals surface area contributed by atoms with E-state index in [1.54, 1.807) is 6.08 Å². The van der Waals surface area contributed by atoms with Crippen LogP contribution in [0.5, 0.6) is 0 Å². The van der Waals surface area contributed by atoms with Crippen LogP contribution in [-0.2, 0) is 20.6 Å². The molecule has 1 aromatic rings. The quantitative estimate of drug-likeness (QED) is 0.435. The number of benzene rings is 1. The second-order valence-electron chi connectivity index (χ2n) is 9.33. The number of aliphatic hydroxyl groups excluding tert-OH is 1. The molecule has 7 nitrogen and oxygen atoms in total. The summed E-state index contributed by atoms with van der Waals surface area (Å²) in [4.78, 5) is 16.7. The highest BCUT2D eigenvalue weighted by Gasteiger charge is 2.33. The summed E-state index contributed by atoms with van der Waals surface area (Å²) < 4.78 is 17.0. The Hall–Kier alpha value is -2.77. The highest BCUT2D eigenvalue weighted by molar-refractivity contribution is 5.70. The van der Waals surface area contributed by atoms with Gasteiger partial charge in [0.1, 0.15) is 37.4 Å². The molecule has 7 heteroatoms. The lowest BCUT2D eigenvalue weighted by atomic mass is 9.93. The van der Waals surface area contributed by atoms with Gasteiger partial charge in [-0.15, -0.1) is 0 Å². The van der Waals surface area contributed by atoms with Gasteiger partial charge in [-0.05, 0) is 56.3 Å². The predicted molar refractivity (Wildman–Crippen MR) is 130 cm³/mol. The van der Waals surface area contributed by atoms with Crippen LogP contribution in [0.4, 0.5) is 4.79 Å². The fourth-order valence-corrected chi connectivity index (χ4v) is 4.90. The SMILES string of the molecule is C=C/C=C(O)\C=C1/CO[C@@H](CN2CCC(CCN3C(=O)OC[C@@H]3Cc3ccccc3)CC2)CO1. The van der Waals surface area contributed by atoms with Gasteiger partial charge in [0.05, 0.1) is 6.04 Å². The summed E-state index contributed by atoms with van der Waals surface area (Å²) >= 11 is 0. The number of likely N-dealkylation sites (tertiary alicyclic amines) is 1. The number of nitrogens with zero attached hydrogens (tertiary/aromatic N) is 2. The van der Waals surface area contributed by atoms with Crippen molar-refractivity contribution in [1.82, 2.24) is 9.80 Å². The minimum atomic E-state index is -0.172. The average molecular weight is 469 g/mol. The summed E-state index contributed by atoms with van der Waals surface area (Å²) in [6, 6.07) is 10.4. The molecule has 1 N–H and O–H groups in total. The van der Waals surface area contributed by atoms with E-state index in [4.69, 9.17) is 14.2 Å². The van der Waals surface area contributed by atoms with Crippen LogP contribution in [0.25, 0.3) is 0 Å². The number of ether oxygens (including phenoxy) is 3. The van der Waals surface area contributed by atoms with E-state index in [1.807, 2.05) is 23.1 Å². The van der Waals surface area contributed by atoms with Gasteiger partial charge >= 0.3 is 6.09 Å². The lowest BCUT2D eigenvalue weighted by Crippen LogP contribution is -2.43. The zero-order chi connectivity index (χ0) is 23.8. The maximum atomic E-state index is 12.3. The number of allylic oxidation sites excluding steroid dienone is 3. The number of carbonyl (C=O) groups is 1. The van der Waals surface area contributed by atoms with Gasteiger partial charge in [0.2, 0.25) is 0 Å². The lowest BCUT2D eigenvalue weighted by molar-refractivity contribution is -0.0659. The molecule has 3 fully saturated rings. The number of rotatable bonds is 9. The molecule has 3 saturated heterocycles. The van der Waals surface area contributed by atoms with Gasteiger partial charge < -0.3 is 29.1 Å². The van der Waals surface area contributed by atoms with Gasteiger partial charge in [0.25, 0.3) is 0 Å². The molecule has 0 aromatic heterocycles. The second kappa shape index (κ2) is 12.1. The minimum absolute atomic E-state index is 0.0392. The summed E-state index contributed by atoms with van der Waals surface area (Å²) in [5.74, 6) is 1.37. The normalized spacial score (nSPS) is 25.9. The highest BCUT2D eigenvalue weighted by Crippen LogP contribution is 2.25. The zero-order valence-corrected chi connectivity index (χ0v) is 19.8. The Bertz CT molecular complexity index is 866. The third-order valence-corrected chi connectivity index (χ3v) is 6.85. The van der Waals surface area contributed by atoms with Crippen molar-refractivity contribution in [2.45, 2.75) is 37.8 Å². The fraction of sp³-hybridized carbons (Fsp3) is 0.519. The van der Waals surface area contributed by atoms with Gasteiger partial charge in [-0.25, -0.2) is 4.79 Å². The number of hydrogen-bond acceptors (Lipinski definition) is 6. The van der Waals surface area contributed by atoms with Crippen molar-refractivity contribution in [3.8, 4) is 0 Å². The molecular formula is C27H36N2O5. The molecule has 3 heterocycles. The molecular weight excluding hydrogens is 432 g/mol. The van der Waals surface area contributed by atoms with Crippen molar-refractivity contribution >= 4 is 6.09 Å². The molecule has 4 rings (SSSR count). The van der Waals surface area contributed by atoms with Crippen LogP contribution in [0.2, 0.25) is 0 Å². The third-order valence-electron chi connectivity index (χ3n) is 6.85. The summed E-state index contributed by atoms with van der Waals surface area (Å²) in [7, 11) is 0. The summed E-state index contributed by atoms with van der Waals surface area (Å²) in [5.41, 5.74) is 1.24. The van der Waals surface area contributed by atoms with E-state index in [2.05, 4.69) is 23.6 Å². The number of hydrogen-bond donors (Lipinski definition) is 1. The first-order valence-corrected chi connectivity index (χ1v) is 12.3. The average Bonchev–Trinajstić information content (AvgIpc) is 3.19. The van der Waals surface area contributed by atoms with E-state index in [0.717, 1.165) is 51.9 Å². The van der Waals surface area contributed by atoms with Crippen molar-refractivity contribution < 1.29 is 24.1 Å². The van der Waals surface area contributed by atoms with E-state index in [-0.39, 0.29) is 24.0 Å². The lowest BCUT2D eigenvalue weighted by Gasteiger charge is -2.36. The predicted octanol–water partition coefficient (Wildman–Crippen LogP) is 4.08. The highest BCUT2D eigenvalue weighted by atomic mass is 16.6. The maximum Gasteiger partial charge on any atom is 0.410 e. The monoisotopic (exact) mass is 468 g/mol. The molecule has 3 aliphatic rings. The Balaban J connectivity index is 1.16. The van der Waals surface area contributed by atoms with Crippen molar-refractivity contribution in [2.75, 3.05) is 46.0 Å². The molecule has 0 aliphatic carbocycles. The van der Waals surface area contributed by atoms with E-state index < -0.39 is 0 Å². The second-order valence-corrected chi connectivity index (χ2v) is 9.33. The van der Waals surface area contributed by atoms with Crippen LogP contribution < -0.4 is 0 Å². The summed E-state index contributed by atoms with van der Waals surface area (Å²) in [5, 5.41) is 9.70. The minimum Gasteiger partial charge on any atom is -0.508 e. The molecule has 0 bridgehead atoms. The maximum absolute atomic E-state index is 12.3. The topological polar surface area (TPSA) is 71.5 Å². The molecule has 1 aromatic carbocycles. The Labute approximate surface area is 202 Å². The molecule has 184 valence electrons. The molecule has 1 amide bonds. The first-order valence-electron chi connectivity index (χ1n) is 12.3. The van der Waals surface area contributed by atoms with E-state index in [9.17, 15) is 9.90 Å². The van der Waals surface area contributed by atoms with Gasteiger partial charge in [0.15, 0.2) is 0 Å². The molecule has 2 atom stereocenters. The third kappa shape index (κ3) is 6.87. The fourth-order valence-electron chi connectivity index (χ4n) is 4.90. The van der Waals surface area contributed by atoms with Crippen LogP contribution >= 0.6 is 0 Å². The first-order chi connectivity index (χ1) is 16.6. The van der Waals surface area contributed by atoms with E-state index >= 15 is 0 Å². The van der Waals surface area contributed by atoms with Crippen LogP contribution in [-0.4, -0.2) is 79.1 Å². The number of aliphatic hydroxyl groups is 1. The van der Waals surface area contributed by atoms with Gasteiger partial charge in [-0.1, -0.05) is 43.0 Å². The largest absolute Gasteiger partial charge is 0.508 e. The van der Waals surface area contributed by atoms with Crippen molar-refractivity contribution in [3.63, 3.8) is 0 Å². The molecule has 34 heavy (non-hydrogen) atoms. The Morgan fingerprint density at radius 1 is 1.15 bits per heavy atom. The van der Waals surface area contributed by atoms with Crippen LogP contribution in [0, 0.1) is 5.92 Å². The van der Waals surface area contributed by atoms with Crippen molar-refractivity contribution in [1.29, 1.82) is 0 Å².